The van der Waals surface area contributed by atoms with Crippen LogP contribution in [-0.2, 0) is 14.3 Å². The van der Waals surface area contributed by atoms with Crippen molar-refractivity contribution >= 4 is 22.9 Å². The molecule has 0 aliphatic carbocycles. The lowest BCUT2D eigenvalue weighted by Crippen LogP contribution is -1.96. The molecule has 1 heterocycles. The quantitative estimate of drug-likeness (QED) is 0.220. The van der Waals surface area contributed by atoms with Crippen molar-refractivity contribution in [3.63, 3.8) is 0 Å². The molecular weight excluding hydrogens is 124 g/mol. The first-order chi connectivity index (χ1) is 3.29. The highest BCUT2D eigenvalue weighted by atomic mass is 28.1. The molecule has 0 aromatic heterocycles. The van der Waals surface area contributed by atoms with E-state index in [1.807, 2.05) is 0 Å². The lowest BCUT2D eigenvalue weighted by atomic mass is 10.6. The molecule has 1 aliphatic rings. The number of rotatable bonds is 0. The van der Waals surface area contributed by atoms with Crippen LogP contribution in [0.1, 0.15) is 0 Å². The van der Waals surface area contributed by atoms with Gasteiger partial charge in [-0.15, -0.1) is 0 Å². The molecule has 0 N–H and O–H groups in total. The van der Waals surface area contributed by atoms with Gasteiger partial charge >= 0.3 is 11.9 Å². The predicted octanol–water partition coefficient (Wildman–Crippen LogP) is -1.83. The molecule has 3 nitrogen and oxygen atoms in total. The van der Waals surface area contributed by atoms with Gasteiger partial charge in [0, 0.05) is 12.2 Å². The summed E-state index contributed by atoms with van der Waals surface area (Å²) >= 11 is 0. The van der Waals surface area contributed by atoms with E-state index in [1.54, 1.807) is 0 Å². The smallest absolute Gasteiger partial charge is 0.338 e. The molecule has 1 aliphatic heterocycles. The SMILES string of the molecule is O=C1C=CC(=O)O1.[SiH4]. The Bertz CT molecular complexity index is 133. The third kappa shape index (κ3) is 1.30. The first-order valence-corrected chi connectivity index (χ1v) is 1.73. The lowest BCUT2D eigenvalue weighted by Gasteiger charge is -1.80. The van der Waals surface area contributed by atoms with E-state index >= 15 is 0 Å². The van der Waals surface area contributed by atoms with Gasteiger partial charge in [0.2, 0.25) is 0 Å². The second-order valence-corrected chi connectivity index (χ2v) is 1.07. The van der Waals surface area contributed by atoms with Crippen LogP contribution in [0.2, 0.25) is 0 Å². The van der Waals surface area contributed by atoms with Crippen LogP contribution in [0.15, 0.2) is 12.2 Å². The molecule has 0 spiro atoms. The molecule has 0 atom stereocenters. The maximum absolute atomic E-state index is 9.92. The van der Waals surface area contributed by atoms with E-state index in [2.05, 4.69) is 4.74 Å². The summed E-state index contributed by atoms with van der Waals surface area (Å²) in [6.07, 6.45) is 2.17. The third-order valence-electron chi connectivity index (χ3n) is 0.557. The fourth-order valence-corrected chi connectivity index (χ4v) is 0.303. The second kappa shape index (κ2) is 2.42. The predicted molar refractivity (Wildman–Crippen MR) is 31.6 cm³/mol. The van der Waals surface area contributed by atoms with Crippen molar-refractivity contribution in [3.05, 3.63) is 12.2 Å². The Kier molecular flexibility index (Phi) is 2.14. The van der Waals surface area contributed by atoms with Crippen molar-refractivity contribution in [2.75, 3.05) is 0 Å². The molecule has 0 bridgehead atoms. The van der Waals surface area contributed by atoms with Gasteiger partial charge in [-0.1, -0.05) is 0 Å². The fraction of sp³-hybridized carbons (Fsp3) is 0. The summed E-state index contributed by atoms with van der Waals surface area (Å²) in [5.74, 6) is -1.16. The summed E-state index contributed by atoms with van der Waals surface area (Å²) in [6.45, 7) is 0. The lowest BCUT2D eigenvalue weighted by molar-refractivity contribution is -0.150. The maximum Gasteiger partial charge on any atom is 0.338 e. The average Bonchev–Trinajstić information content (AvgIpc) is 1.87. The minimum absolute atomic E-state index is 0. The first-order valence-electron chi connectivity index (χ1n) is 1.73. The molecule has 0 radical (unpaired) electrons. The molecule has 4 heteroatoms. The minimum atomic E-state index is -0.579. The molecule has 0 unspecified atom stereocenters. The van der Waals surface area contributed by atoms with E-state index in [0.717, 1.165) is 12.2 Å². The zero-order chi connectivity index (χ0) is 5.28. The Labute approximate surface area is 50.3 Å². The van der Waals surface area contributed by atoms with Crippen LogP contribution >= 0.6 is 0 Å². The van der Waals surface area contributed by atoms with Gasteiger partial charge in [-0.05, 0) is 11.0 Å². The molecule has 0 amide bonds. The van der Waals surface area contributed by atoms with Gasteiger partial charge in [-0.25, -0.2) is 9.59 Å². The molecule has 1 rings (SSSR count). The van der Waals surface area contributed by atoms with Crippen molar-refractivity contribution in [1.29, 1.82) is 0 Å². The topological polar surface area (TPSA) is 43.4 Å². The Morgan fingerprint density at radius 1 is 1.12 bits per heavy atom. The molecule has 0 saturated carbocycles. The van der Waals surface area contributed by atoms with Crippen molar-refractivity contribution < 1.29 is 14.3 Å². The van der Waals surface area contributed by atoms with Crippen molar-refractivity contribution in [3.8, 4) is 0 Å². The standard InChI is InChI=1S/C4H2O3.H4Si/c5-3-1-2-4(6)7-3;/h1-2H;1H4. The highest BCUT2D eigenvalue weighted by molar-refractivity contribution is 6.04. The number of carbonyl (C=O) groups excluding carboxylic acids is 2. The highest BCUT2D eigenvalue weighted by Crippen LogP contribution is 1.92. The first kappa shape index (κ1) is 7.10. The molecule has 0 fully saturated rings. The number of carbonyl (C=O) groups is 2. The summed E-state index contributed by atoms with van der Waals surface area (Å²) in [5.41, 5.74) is 0. The minimum Gasteiger partial charge on any atom is -0.387 e. The third-order valence-corrected chi connectivity index (χ3v) is 0.557. The van der Waals surface area contributed by atoms with E-state index in [1.165, 1.54) is 0 Å². The van der Waals surface area contributed by atoms with Gasteiger partial charge in [0.1, 0.15) is 0 Å². The number of ether oxygens (including phenoxy) is 1. The average molecular weight is 130 g/mol. The van der Waals surface area contributed by atoms with Crippen molar-refractivity contribution in [2.24, 2.45) is 0 Å². The summed E-state index contributed by atoms with van der Waals surface area (Å²) < 4.78 is 3.97. The second-order valence-electron chi connectivity index (χ2n) is 1.07. The van der Waals surface area contributed by atoms with Gasteiger partial charge in [0.25, 0.3) is 0 Å². The normalized spacial score (nSPS) is 15.5. The van der Waals surface area contributed by atoms with Gasteiger partial charge in [-0.3, -0.25) is 0 Å². The van der Waals surface area contributed by atoms with Crippen LogP contribution in [0.4, 0.5) is 0 Å². The van der Waals surface area contributed by atoms with E-state index in [-0.39, 0.29) is 11.0 Å². The van der Waals surface area contributed by atoms with Crippen molar-refractivity contribution in [2.45, 2.75) is 0 Å². The van der Waals surface area contributed by atoms with E-state index < -0.39 is 11.9 Å². The fourth-order valence-electron chi connectivity index (χ4n) is 0.303. The van der Waals surface area contributed by atoms with Crippen LogP contribution in [0.3, 0.4) is 0 Å². The van der Waals surface area contributed by atoms with Crippen LogP contribution < -0.4 is 0 Å². The van der Waals surface area contributed by atoms with E-state index in [0.29, 0.717) is 0 Å². The van der Waals surface area contributed by atoms with E-state index in [9.17, 15) is 9.59 Å². The molecule has 0 saturated heterocycles. The molecule has 0 aromatic rings. The Balaban J connectivity index is 0.000000490. The van der Waals surface area contributed by atoms with E-state index in [4.69, 9.17) is 0 Å². The molecule has 0 aromatic carbocycles. The van der Waals surface area contributed by atoms with Crippen molar-refractivity contribution in [1.82, 2.24) is 0 Å². The maximum atomic E-state index is 9.92. The Morgan fingerprint density at radius 2 is 1.50 bits per heavy atom. The van der Waals surface area contributed by atoms with Crippen LogP contribution in [-0.4, -0.2) is 22.9 Å². The van der Waals surface area contributed by atoms with Crippen LogP contribution in [0, 0.1) is 0 Å². The summed E-state index contributed by atoms with van der Waals surface area (Å²) in [5, 5.41) is 0. The van der Waals surface area contributed by atoms with Gasteiger partial charge in [0.15, 0.2) is 0 Å². The highest BCUT2D eigenvalue weighted by Gasteiger charge is 2.10. The zero-order valence-electron chi connectivity index (χ0n) is 3.38. The number of cyclic esters (lactones) is 2. The largest absolute Gasteiger partial charge is 0.387 e. The van der Waals surface area contributed by atoms with Gasteiger partial charge in [0.05, 0.1) is 0 Å². The summed E-state index contributed by atoms with van der Waals surface area (Å²) in [7, 11) is 0. The molecule has 44 valence electrons. The monoisotopic (exact) mass is 130 g/mol. The number of esters is 2. The van der Waals surface area contributed by atoms with Gasteiger partial charge in [-0.2, -0.15) is 0 Å². The summed E-state index contributed by atoms with van der Waals surface area (Å²) in [4.78, 5) is 19.8. The molecule has 8 heavy (non-hydrogen) atoms. The molecular formula is C4H6O3Si. The number of hydrogen-bond acceptors (Lipinski definition) is 3. The summed E-state index contributed by atoms with van der Waals surface area (Å²) in [6, 6.07) is 0. The number of hydrogen-bond donors (Lipinski definition) is 0. The van der Waals surface area contributed by atoms with Crippen LogP contribution in [0.25, 0.3) is 0 Å². The Hall–Kier alpha value is -0.903. The van der Waals surface area contributed by atoms with Crippen LogP contribution in [0.5, 0.6) is 0 Å². The van der Waals surface area contributed by atoms with Gasteiger partial charge < -0.3 is 4.74 Å². The Morgan fingerprint density at radius 3 is 1.62 bits per heavy atom. The zero-order valence-corrected chi connectivity index (χ0v) is 3.38.